The Balaban J connectivity index is 1.52. The quantitative estimate of drug-likeness (QED) is 0.492. The summed E-state index contributed by atoms with van der Waals surface area (Å²) in [5.41, 5.74) is 0.201. The first-order valence-electron chi connectivity index (χ1n) is 10.6. The van der Waals surface area contributed by atoms with E-state index in [1.54, 1.807) is 17.0 Å². The molecule has 1 unspecified atom stereocenters. The molecule has 1 saturated heterocycles. The Kier molecular flexibility index (Phi) is 6.60. The highest BCUT2D eigenvalue weighted by molar-refractivity contribution is 6.32. The first-order chi connectivity index (χ1) is 16.1. The molecule has 9 nitrogen and oxygen atoms in total. The molecule has 1 aliphatic rings. The van der Waals surface area contributed by atoms with E-state index in [1.807, 2.05) is 20.8 Å². The number of amides is 1. The Morgan fingerprint density at radius 1 is 1.18 bits per heavy atom. The highest BCUT2D eigenvalue weighted by atomic mass is 35.5. The second kappa shape index (κ2) is 9.46. The van der Waals surface area contributed by atoms with Gasteiger partial charge in [-0.25, -0.2) is 19.2 Å². The number of nitrogens with zero attached hydrogens (tertiary/aromatic N) is 4. The number of likely N-dealkylation sites (tertiary alicyclic amines) is 1. The van der Waals surface area contributed by atoms with Crippen LogP contribution < -0.4 is 14.2 Å². The van der Waals surface area contributed by atoms with Crippen molar-refractivity contribution in [1.29, 1.82) is 0 Å². The average molecular weight is 491 g/mol. The molecule has 34 heavy (non-hydrogen) atoms. The summed E-state index contributed by atoms with van der Waals surface area (Å²) in [5.74, 6) is -0.394. The predicted octanol–water partition coefficient (Wildman–Crippen LogP) is 5.01. The van der Waals surface area contributed by atoms with Crippen LogP contribution in [0.1, 0.15) is 27.2 Å². The molecular weight excluding hydrogens is 467 g/mol. The Labute approximate surface area is 200 Å². The molecule has 1 aliphatic heterocycles. The van der Waals surface area contributed by atoms with Gasteiger partial charge in [0.05, 0.1) is 19.2 Å². The number of aromatic nitrogens is 3. The van der Waals surface area contributed by atoms with Gasteiger partial charge in [0.2, 0.25) is 11.8 Å². The van der Waals surface area contributed by atoms with Gasteiger partial charge in [-0.15, -0.1) is 0 Å². The Hall–Kier alpha value is -3.40. The smallest absolute Gasteiger partial charge is 0.410 e. The third-order valence-corrected chi connectivity index (χ3v) is 5.30. The van der Waals surface area contributed by atoms with E-state index in [0.29, 0.717) is 30.9 Å². The molecule has 11 heteroatoms. The molecule has 0 bridgehead atoms. The summed E-state index contributed by atoms with van der Waals surface area (Å²) in [7, 11) is 1.39. The van der Waals surface area contributed by atoms with Gasteiger partial charge in [-0.2, -0.15) is 4.98 Å². The zero-order valence-electron chi connectivity index (χ0n) is 19.2. The molecule has 1 fully saturated rings. The SMILES string of the molecule is COc1ccc(Oc2ncnc3ccc(OC4CCN(C(=O)OC(C)(C)C)C4)nc23)c(F)c1Cl. The van der Waals surface area contributed by atoms with E-state index in [9.17, 15) is 9.18 Å². The van der Waals surface area contributed by atoms with Crippen LogP contribution in [0.4, 0.5) is 9.18 Å². The van der Waals surface area contributed by atoms with Crippen LogP contribution in [0, 0.1) is 5.82 Å². The molecular formula is C23H24ClFN4O5. The summed E-state index contributed by atoms with van der Waals surface area (Å²) in [6.07, 6.45) is 1.28. The zero-order valence-corrected chi connectivity index (χ0v) is 19.9. The lowest BCUT2D eigenvalue weighted by molar-refractivity contribution is 0.0275. The maximum Gasteiger partial charge on any atom is 0.410 e. The third kappa shape index (κ3) is 5.22. The first kappa shape index (κ1) is 23.7. The molecule has 0 N–H and O–H groups in total. The minimum absolute atomic E-state index is 0.0392. The highest BCUT2D eigenvalue weighted by Crippen LogP contribution is 2.36. The fraction of sp³-hybridized carbons (Fsp3) is 0.391. The van der Waals surface area contributed by atoms with E-state index >= 15 is 0 Å². The maximum absolute atomic E-state index is 14.6. The van der Waals surface area contributed by atoms with E-state index < -0.39 is 11.4 Å². The first-order valence-corrected chi connectivity index (χ1v) is 11.0. The largest absolute Gasteiger partial charge is 0.495 e. The van der Waals surface area contributed by atoms with Gasteiger partial charge in [-0.1, -0.05) is 11.6 Å². The van der Waals surface area contributed by atoms with Crippen LogP contribution in [0.3, 0.4) is 0 Å². The standard InChI is InChI=1S/C23H24ClFN4O5/c1-23(2,3)34-22(30)29-10-9-13(11-29)32-17-8-5-14-20(28-17)21(27-12-26-14)33-16-7-6-15(31-4)18(24)19(16)25/h5-8,12-13H,9-11H2,1-4H3. The van der Waals surface area contributed by atoms with E-state index in [0.717, 1.165) is 0 Å². The molecule has 3 aromatic rings. The van der Waals surface area contributed by atoms with Crippen molar-refractivity contribution in [1.82, 2.24) is 19.9 Å². The molecule has 1 atom stereocenters. The van der Waals surface area contributed by atoms with Crippen molar-refractivity contribution in [3.05, 3.63) is 41.4 Å². The van der Waals surface area contributed by atoms with Gasteiger partial charge in [0.1, 0.15) is 28.8 Å². The molecule has 4 rings (SSSR count). The molecule has 0 saturated carbocycles. The van der Waals surface area contributed by atoms with Gasteiger partial charge in [0.25, 0.3) is 0 Å². The monoisotopic (exact) mass is 490 g/mol. The lowest BCUT2D eigenvalue weighted by Gasteiger charge is -2.24. The van der Waals surface area contributed by atoms with Crippen LogP contribution in [0.5, 0.6) is 23.3 Å². The molecule has 0 radical (unpaired) electrons. The van der Waals surface area contributed by atoms with Crippen LogP contribution in [0.25, 0.3) is 11.0 Å². The number of benzene rings is 1. The second-order valence-electron chi connectivity index (χ2n) is 8.65. The summed E-state index contributed by atoms with van der Waals surface area (Å²) in [6, 6.07) is 6.24. The lowest BCUT2D eigenvalue weighted by atomic mass is 10.2. The summed E-state index contributed by atoms with van der Waals surface area (Å²) in [4.78, 5) is 26.6. The van der Waals surface area contributed by atoms with Crippen LogP contribution >= 0.6 is 11.6 Å². The molecule has 1 amide bonds. The van der Waals surface area contributed by atoms with Gasteiger partial charge in [0.15, 0.2) is 17.1 Å². The number of halogens is 2. The number of carbonyl (C=O) groups is 1. The molecule has 0 spiro atoms. The van der Waals surface area contributed by atoms with Crippen molar-refractivity contribution >= 4 is 28.7 Å². The molecule has 180 valence electrons. The van der Waals surface area contributed by atoms with Crippen molar-refractivity contribution in [2.45, 2.75) is 38.9 Å². The van der Waals surface area contributed by atoms with Gasteiger partial charge in [-0.05, 0) is 39.0 Å². The Bertz CT molecular complexity index is 1220. The van der Waals surface area contributed by atoms with Crippen LogP contribution in [-0.2, 0) is 4.74 Å². The topological polar surface area (TPSA) is 95.9 Å². The second-order valence-corrected chi connectivity index (χ2v) is 9.02. The summed E-state index contributed by atoms with van der Waals surface area (Å²) < 4.78 is 36.7. The van der Waals surface area contributed by atoms with Crippen molar-refractivity contribution in [3.63, 3.8) is 0 Å². The van der Waals surface area contributed by atoms with Gasteiger partial charge < -0.3 is 23.8 Å². The van der Waals surface area contributed by atoms with E-state index in [1.165, 1.54) is 25.6 Å². The normalized spacial score (nSPS) is 15.9. The van der Waals surface area contributed by atoms with Gasteiger partial charge in [0, 0.05) is 19.0 Å². The van der Waals surface area contributed by atoms with Gasteiger partial charge in [-0.3, -0.25) is 0 Å². The highest BCUT2D eigenvalue weighted by Gasteiger charge is 2.31. The molecule has 2 aromatic heterocycles. The van der Waals surface area contributed by atoms with Crippen LogP contribution in [-0.4, -0.2) is 57.8 Å². The van der Waals surface area contributed by atoms with Crippen LogP contribution in [0.2, 0.25) is 5.02 Å². The van der Waals surface area contributed by atoms with Gasteiger partial charge >= 0.3 is 6.09 Å². The fourth-order valence-corrected chi connectivity index (χ4v) is 3.62. The molecule has 0 aliphatic carbocycles. The van der Waals surface area contributed by atoms with E-state index in [-0.39, 0.29) is 40.1 Å². The summed E-state index contributed by atoms with van der Waals surface area (Å²) in [6.45, 7) is 6.35. The lowest BCUT2D eigenvalue weighted by Crippen LogP contribution is -2.36. The maximum atomic E-state index is 14.6. The fourth-order valence-electron chi connectivity index (χ4n) is 3.38. The molecule has 3 heterocycles. The Morgan fingerprint density at radius 2 is 1.94 bits per heavy atom. The van der Waals surface area contributed by atoms with Crippen LogP contribution in [0.15, 0.2) is 30.6 Å². The minimum Gasteiger partial charge on any atom is -0.495 e. The summed E-state index contributed by atoms with van der Waals surface area (Å²) >= 11 is 5.99. The Morgan fingerprint density at radius 3 is 2.68 bits per heavy atom. The average Bonchev–Trinajstić information content (AvgIpc) is 3.25. The van der Waals surface area contributed by atoms with Crippen molar-refractivity contribution in [2.24, 2.45) is 0 Å². The number of rotatable bonds is 5. The van der Waals surface area contributed by atoms with Crippen molar-refractivity contribution in [3.8, 4) is 23.3 Å². The number of hydrogen-bond acceptors (Lipinski definition) is 8. The number of ether oxygens (including phenoxy) is 4. The minimum atomic E-state index is -0.784. The van der Waals surface area contributed by atoms with Crippen molar-refractivity contribution in [2.75, 3.05) is 20.2 Å². The summed E-state index contributed by atoms with van der Waals surface area (Å²) in [5, 5.41) is -0.203. The molecule has 1 aromatic carbocycles. The van der Waals surface area contributed by atoms with Crippen molar-refractivity contribution < 1.29 is 28.1 Å². The number of fused-ring (bicyclic) bond motifs is 1. The van der Waals surface area contributed by atoms with E-state index in [2.05, 4.69) is 15.0 Å². The number of carbonyl (C=O) groups excluding carboxylic acids is 1. The third-order valence-electron chi connectivity index (χ3n) is 4.94. The number of pyridine rings is 1. The predicted molar refractivity (Wildman–Crippen MR) is 122 cm³/mol. The number of methoxy groups -OCH3 is 1. The number of hydrogen-bond donors (Lipinski definition) is 0. The zero-order chi connectivity index (χ0) is 24.5. The van der Waals surface area contributed by atoms with E-state index in [4.69, 9.17) is 30.5 Å².